The summed E-state index contributed by atoms with van der Waals surface area (Å²) in [6, 6.07) is 26.1. The summed E-state index contributed by atoms with van der Waals surface area (Å²) in [6.45, 7) is 3.96. The Hall–Kier alpha value is -3.94. The van der Waals surface area contributed by atoms with Crippen molar-refractivity contribution in [2.75, 3.05) is 13.2 Å². The number of hydrogen-bond donors (Lipinski definition) is 0. The normalized spacial score (nSPS) is 19.9. The summed E-state index contributed by atoms with van der Waals surface area (Å²) < 4.78 is 14.6. The van der Waals surface area contributed by atoms with E-state index < -0.39 is 0 Å². The molecule has 2 atom stereocenters. The molecule has 0 N–H and O–H groups in total. The molecule has 4 heteroatoms. The third-order valence-corrected chi connectivity index (χ3v) is 9.77. The Morgan fingerprint density at radius 2 is 1.54 bits per heavy atom. The Balaban J connectivity index is 1.34. The average molecular weight is 542 g/mol. The van der Waals surface area contributed by atoms with Gasteiger partial charge in [-0.3, -0.25) is 0 Å². The van der Waals surface area contributed by atoms with Gasteiger partial charge in [0.2, 0.25) is 5.69 Å². The van der Waals surface area contributed by atoms with Crippen LogP contribution >= 0.6 is 0 Å². The fraction of sp³-hybridized carbons (Fsp3) is 0.351. The van der Waals surface area contributed by atoms with Crippen LogP contribution in [-0.4, -0.2) is 13.2 Å². The van der Waals surface area contributed by atoms with E-state index >= 15 is 0 Å². The maximum Gasteiger partial charge on any atom is 0.216 e. The van der Waals surface area contributed by atoms with Gasteiger partial charge < -0.3 is 9.15 Å². The van der Waals surface area contributed by atoms with Crippen molar-refractivity contribution in [3.63, 3.8) is 0 Å². The zero-order chi connectivity index (χ0) is 27.9. The molecule has 0 amide bonds. The lowest BCUT2D eigenvalue weighted by molar-refractivity contribution is -0.660. The Bertz CT molecular complexity index is 1770. The lowest BCUT2D eigenvalue weighted by atomic mass is 9.67. The standard InChI is InChI=1S/C37H37N2O2/c1-24-10-16-31-32-17-15-28(23-38)35(37(32)41-36(31)34(24)33-9-5-6-20-39(33)2)27-13-11-25(12-14-27)29-7-3-4-8-30(29)26-18-21-40-22-19-26/h5-6,9-17,20,26,29-30H,3-4,7-8,18-19,21-22H2,1-2H3/q+1. The number of fused-ring (bicyclic) bond motifs is 3. The second kappa shape index (κ2) is 10.8. The fourth-order valence-corrected chi connectivity index (χ4v) is 7.66. The number of nitrogens with zero attached hydrogens (tertiary/aromatic N) is 2. The summed E-state index contributed by atoms with van der Waals surface area (Å²) >= 11 is 0. The molecule has 3 aromatic carbocycles. The summed E-state index contributed by atoms with van der Waals surface area (Å²) in [5, 5.41) is 12.3. The lowest BCUT2D eigenvalue weighted by Gasteiger charge is -2.39. The molecule has 2 aromatic heterocycles. The minimum atomic E-state index is 0.607. The van der Waals surface area contributed by atoms with Crippen LogP contribution in [0.25, 0.3) is 44.3 Å². The minimum Gasteiger partial charge on any atom is -0.454 e. The van der Waals surface area contributed by atoms with E-state index in [0.29, 0.717) is 11.5 Å². The molecular weight excluding hydrogens is 504 g/mol. The van der Waals surface area contributed by atoms with Gasteiger partial charge >= 0.3 is 0 Å². The molecule has 1 aliphatic carbocycles. The Morgan fingerprint density at radius 3 is 2.29 bits per heavy atom. The van der Waals surface area contributed by atoms with Crippen molar-refractivity contribution in [3.05, 3.63) is 89.6 Å². The van der Waals surface area contributed by atoms with Gasteiger partial charge in [0.05, 0.1) is 17.2 Å². The van der Waals surface area contributed by atoms with E-state index in [4.69, 9.17) is 9.15 Å². The average Bonchev–Trinajstić information content (AvgIpc) is 3.40. The molecule has 0 bridgehead atoms. The molecule has 3 heterocycles. The number of benzene rings is 3. The lowest BCUT2D eigenvalue weighted by Crippen LogP contribution is -2.30. The summed E-state index contributed by atoms with van der Waals surface area (Å²) in [4.78, 5) is 0. The molecule has 0 radical (unpaired) electrons. The summed E-state index contributed by atoms with van der Waals surface area (Å²) in [5.41, 5.74) is 9.03. The molecule has 41 heavy (non-hydrogen) atoms. The Kier molecular flexibility index (Phi) is 6.85. The summed E-state index contributed by atoms with van der Waals surface area (Å²) in [7, 11) is 2.07. The third-order valence-electron chi connectivity index (χ3n) is 9.77. The van der Waals surface area contributed by atoms with E-state index in [2.05, 4.69) is 79.3 Å². The van der Waals surface area contributed by atoms with Gasteiger partial charge in [0.15, 0.2) is 6.20 Å². The first-order chi connectivity index (χ1) is 20.1. The van der Waals surface area contributed by atoms with Crippen LogP contribution in [0.4, 0.5) is 0 Å². The minimum absolute atomic E-state index is 0.607. The van der Waals surface area contributed by atoms with E-state index in [9.17, 15) is 5.26 Å². The fourth-order valence-electron chi connectivity index (χ4n) is 7.66. The number of ether oxygens (including phenoxy) is 1. The molecule has 4 nitrogen and oxygen atoms in total. The second-order valence-corrected chi connectivity index (χ2v) is 12.0. The quantitative estimate of drug-likeness (QED) is 0.214. The number of hydrogen-bond acceptors (Lipinski definition) is 3. The van der Waals surface area contributed by atoms with Crippen LogP contribution in [0.3, 0.4) is 0 Å². The van der Waals surface area contributed by atoms with Gasteiger partial charge in [-0.15, -0.1) is 0 Å². The topological polar surface area (TPSA) is 50.0 Å². The van der Waals surface area contributed by atoms with Crippen LogP contribution in [0, 0.1) is 30.1 Å². The van der Waals surface area contributed by atoms with Gasteiger partial charge in [-0.2, -0.15) is 5.26 Å². The predicted octanol–water partition coefficient (Wildman–Crippen LogP) is 8.63. The molecule has 2 aliphatic rings. The maximum absolute atomic E-state index is 10.2. The van der Waals surface area contributed by atoms with Gasteiger partial charge in [-0.05, 0) is 85.3 Å². The zero-order valence-electron chi connectivity index (χ0n) is 24.0. The van der Waals surface area contributed by atoms with Crippen molar-refractivity contribution in [1.29, 1.82) is 5.26 Å². The predicted molar refractivity (Wildman–Crippen MR) is 163 cm³/mol. The Labute approximate surface area is 242 Å². The molecular formula is C37H37N2O2+. The molecule has 1 aliphatic heterocycles. The molecule has 1 saturated carbocycles. The highest BCUT2D eigenvalue weighted by molar-refractivity contribution is 6.14. The number of rotatable bonds is 4. The van der Waals surface area contributed by atoms with Crippen LogP contribution < -0.4 is 4.57 Å². The van der Waals surface area contributed by atoms with E-state index in [1.807, 2.05) is 18.2 Å². The van der Waals surface area contributed by atoms with Crippen LogP contribution in [0.2, 0.25) is 0 Å². The first kappa shape index (κ1) is 26.0. The molecule has 2 fully saturated rings. The smallest absolute Gasteiger partial charge is 0.216 e. The van der Waals surface area contributed by atoms with E-state index in [-0.39, 0.29) is 0 Å². The number of aryl methyl sites for hydroxylation is 2. The molecule has 2 unspecified atom stereocenters. The van der Waals surface area contributed by atoms with E-state index in [1.165, 1.54) is 44.1 Å². The van der Waals surface area contributed by atoms with E-state index in [1.54, 1.807) is 0 Å². The third kappa shape index (κ3) is 4.53. The van der Waals surface area contributed by atoms with Crippen LogP contribution in [-0.2, 0) is 11.8 Å². The highest BCUT2D eigenvalue weighted by atomic mass is 16.5. The molecule has 1 saturated heterocycles. The summed E-state index contributed by atoms with van der Waals surface area (Å²) in [6.07, 6.45) is 9.71. The van der Waals surface area contributed by atoms with Crippen LogP contribution in [0.5, 0.6) is 0 Å². The highest BCUT2D eigenvalue weighted by Gasteiger charge is 2.33. The van der Waals surface area contributed by atoms with Crippen molar-refractivity contribution < 1.29 is 13.7 Å². The van der Waals surface area contributed by atoms with Crippen molar-refractivity contribution >= 4 is 21.9 Å². The molecule has 7 rings (SSSR count). The van der Waals surface area contributed by atoms with E-state index in [0.717, 1.165) is 74.9 Å². The van der Waals surface area contributed by atoms with Crippen LogP contribution in [0.15, 0.2) is 77.3 Å². The van der Waals surface area contributed by atoms with Gasteiger partial charge in [-0.25, -0.2) is 4.57 Å². The van der Waals surface area contributed by atoms with Gasteiger partial charge in [0, 0.05) is 41.7 Å². The SMILES string of the molecule is Cc1ccc2c(oc3c(-c4ccc(C5CCCCC5C5CCOCC5)cc4)c(C#N)ccc32)c1-c1cccc[n+]1C. The first-order valence-electron chi connectivity index (χ1n) is 15.2. The van der Waals surface area contributed by atoms with Crippen LogP contribution in [0.1, 0.15) is 61.1 Å². The van der Waals surface area contributed by atoms with Crippen molar-refractivity contribution in [1.82, 2.24) is 0 Å². The van der Waals surface area contributed by atoms with Crippen molar-refractivity contribution in [2.24, 2.45) is 18.9 Å². The number of pyridine rings is 1. The molecule has 0 spiro atoms. The Morgan fingerprint density at radius 1 is 0.805 bits per heavy atom. The van der Waals surface area contributed by atoms with Gasteiger partial charge in [0.1, 0.15) is 18.2 Å². The first-order valence-corrected chi connectivity index (χ1v) is 15.2. The number of aromatic nitrogens is 1. The summed E-state index contributed by atoms with van der Waals surface area (Å²) in [5.74, 6) is 2.12. The zero-order valence-corrected chi connectivity index (χ0v) is 24.0. The molecule has 5 aromatic rings. The number of furan rings is 1. The number of nitriles is 1. The molecule has 206 valence electrons. The highest BCUT2D eigenvalue weighted by Crippen LogP contribution is 2.46. The van der Waals surface area contributed by atoms with Gasteiger partial charge in [0.25, 0.3) is 0 Å². The monoisotopic (exact) mass is 541 g/mol. The van der Waals surface area contributed by atoms with Crippen molar-refractivity contribution in [2.45, 2.75) is 51.4 Å². The largest absolute Gasteiger partial charge is 0.454 e. The second-order valence-electron chi connectivity index (χ2n) is 12.0. The van der Waals surface area contributed by atoms with Gasteiger partial charge in [-0.1, -0.05) is 49.2 Å². The van der Waals surface area contributed by atoms with Crippen molar-refractivity contribution in [3.8, 4) is 28.5 Å². The maximum atomic E-state index is 10.2.